The third-order valence-corrected chi connectivity index (χ3v) is 2.57. The minimum atomic E-state index is 0.515. The summed E-state index contributed by atoms with van der Waals surface area (Å²) in [6, 6.07) is 5.61. The van der Waals surface area contributed by atoms with Crippen LogP contribution in [0.4, 0.5) is 11.5 Å². The summed E-state index contributed by atoms with van der Waals surface area (Å²) in [6.07, 6.45) is 3.66. The molecule has 5 nitrogen and oxygen atoms in total. The molecule has 0 spiro atoms. The molecule has 2 aromatic heterocycles. The fraction of sp³-hybridized carbons (Fsp3) is 0.182. The molecular formula is C11H11N5. The molecular weight excluding hydrogens is 202 g/mol. The third kappa shape index (κ3) is 1.46. The monoisotopic (exact) mass is 213 g/mol. The third-order valence-electron chi connectivity index (χ3n) is 2.57. The van der Waals surface area contributed by atoms with Gasteiger partial charge in [-0.2, -0.15) is 0 Å². The number of aliphatic imine (C=N–C) groups is 1. The van der Waals surface area contributed by atoms with E-state index in [1.807, 2.05) is 24.7 Å². The van der Waals surface area contributed by atoms with Crippen LogP contribution < -0.4 is 10.6 Å². The quantitative estimate of drug-likeness (QED) is 0.769. The van der Waals surface area contributed by atoms with Crippen molar-refractivity contribution in [3.8, 4) is 0 Å². The van der Waals surface area contributed by atoms with Gasteiger partial charge in [0.1, 0.15) is 5.82 Å². The van der Waals surface area contributed by atoms with Gasteiger partial charge >= 0.3 is 0 Å². The van der Waals surface area contributed by atoms with E-state index >= 15 is 0 Å². The van der Waals surface area contributed by atoms with Crippen LogP contribution in [0.2, 0.25) is 0 Å². The smallest absolute Gasteiger partial charge is 0.124 e. The number of nitrogens with two attached hydrogens (primary N) is 1. The fourth-order valence-electron chi connectivity index (χ4n) is 1.74. The predicted octanol–water partition coefficient (Wildman–Crippen LogP) is 1.06. The highest BCUT2D eigenvalue weighted by atomic mass is 15.2. The van der Waals surface area contributed by atoms with Gasteiger partial charge in [-0.25, -0.2) is 4.98 Å². The molecule has 2 N–H and O–H groups in total. The van der Waals surface area contributed by atoms with Crippen molar-refractivity contribution in [2.24, 2.45) is 4.99 Å². The van der Waals surface area contributed by atoms with E-state index in [-0.39, 0.29) is 0 Å². The van der Waals surface area contributed by atoms with Crippen LogP contribution in [0.5, 0.6) is 0 Å². The zero-order valence-corrected chi connectivity index (χ0v) is 8.67. The van der Waals surface area contributed by atoms with Crippen LogP contribution in [-0.2, 0) is 0 Å². The molecule has 0 atom stereocenters. The number of hydrogen-bond donors (Lipinski definition) is 1. The van der Waals surface area contributed by atoms with Crippen LogP contribution in [0.3, 0.4) is 0 Å². The van der Waals surface area contributed by atoms with Gasteiger partial charge in [-0.1, -0.05) is 0 Å². The van der Waals surface area contributed by atoms with Gasteiger partial charge in [-0.15, -0.1) is 0 Å². The first-order chi connectivity index (χ1) is 7.83. The van der Waals surface area contributed by atoms with Crippen LogP contribution in [0.1, 0.15) is 0 Å². The summed E-state index contributed by atoms with van der Waals surface area (Å²) in [7, 11) is 0. The summed E-state index contributed by atoms with van der Waals surface area (Å²) < 4.78 is 0. The average Bonchev–Trinajstić information content (AvgIpc) is 2.81. The van der Waals surface area contributed by atoms with E-state index in [4.69, 9.17) is 5.73 Å². The molecule has 0 saturated carbocycles. The molecule has 1 aliphatic rings. The van der Waals surface area contributed by atoms with Gasteiger partial charge in [0, 0.05) is 6.54 Å². The Morgan fingerprint density at radius 3 is 3.00 bits per heavy atom. The number of aromatic nitrogens is 2. The Labute approximate surface area is 92.6 Å². The van der Waals surface area contributed by atoms with Gasteiger partial charge in [0.25, 0.3) is 0 Å². The lowest BCUT2D eigenvalue weighted by molar-refractivity contribution is 1.02. The summed E-state index contributed by atoms with van der Waals surface area (Å²) in [5.74, 6) is 0.515. The van der Waals surface area contributed by atoms with Gasteiger partial charge in [-0.05, 0) is 18.2 Å². The van der Waals surface area contributed by atoms with Crippen LogP contribution in [0.25, 0.3) is 11.0 Å². The van der Waals surface area contributed by atoms with Crippen molar-refractivity contribution in [2.45, 2.75) is 0 Å². The molecule has 0 amide bonds. The van der Waals surface area contributed by atoms with Crippen LogP contribution >= 0.6 is 0 Å². The second kappa shape index (κ2) is 3.44. The topological polar surface area (TPSA) is 67.4 Å². The fourth-order valence-corrected chi connectivity index (χ4v) is 1.74. The normalized spacial score (nSPS) is 14.9. The zero-order chi connectivity index (χ0) is 11.0. The molecule has 0 saturated heterocycles. The second-order valence-corrected chi connectivity index (χ2v) is 3.68. The Bertz CT molecular complexity index is 563. The van der Waals surface area contributed by atoms with E-state index in [1.54, 1.807) is 6.07 Å². The van der Waals surface area contributed by atoms with Crippen LogP contribution in [0, 0.1) is 0 Å². The van der Waals surface area contributed by atoms with Gasteiger partial charge in [0.15, 0.2) is 0 Å². The number of fused-ring (bicyclic) bond motifs is 1. The van der Waals surface area contributed by atoms with E-state index in [0.717, 1.165) is 29.8 Å². The summed E-state index contributed by atoms with van der Waals surface area (Å²) >= 11 is 0. The summed E-state index contributed by atoms with van der Waals surface area (Å²) in [4.78, 5) is 14.8. The molecule has 3 rings (SSSR count). The van der Waals surface area contributed by atoms with Crippen LogP contribution in [-0.4, -0.2) is 29.4 Å². The largest absolute Gasteiger partial charge is 0.384 e. The molecule has 3 heterocycles. The maximum atomic E-state index is 5.65. The molecule has 0 aliphatic carbocycles. The van der Waals surface area contributed by atoms with Crippen molar-refractivity contribution in [3.05, 3.63) is 24.4 Å². The lowest BCUT2D eigenvalue weighted by Gasteiger charge is -2.13. The maximum absolute atomic E-state index is 5.65. The Hall–Kier alpha value is -2.17. The lowest BCUT2D eigenvalue weighted by Crippen LogP contribution is -2.18. The average molecular weight is 213 g/mol. The second-order valence-electron chi connectivity index (χ2n) is 3.68. The predicted molar refractivity (Wildman–Crippen MR) is 64.7 cm³/mol. The van der Waals surface area contributed by atoms with E-state index in [0.29, 0.717) is 5.82 Å². The SMILES string of the molecule is Nc1ccc2ncc(N3C=NCC3)cc2n1. The molecule has 0 fully saturated rings. The highest BCUT2D eigenvalue weighted by Gasteiger charge is 2.09. The van der Waals surface area contributed by atoms with Crippen LogP contribution in [0.15, 0.2) is 29.4 Å². The number of nitrogens with zero attached hydrogens (tertiary/aromatic N) is 4. The summed E-state index contributed by atoms with van der Waals surface area (Å²) in [6.45, 7) is 1.73. The molecule has 0 bridgehead atoms. The van der Waals surface area contributed by atoms with Crippen molar-refractivity contribution in [1.82, 2.24) is 9.97 Å². The minimum Gasteiger partial charge on any atom is -0.384 e. The molecule has 0 radical (unpaired) electrons. The summed E-state index contributed by atoms with van der Waals surface area (Å²) in [5.41, 5.74) is 8.33. The Morgan fingerprint density at radius 1 is 1.25 bits per heavy atom. The van der Waals surface area contributed by atoms with Crippen molar-refractivity contribution in [1.29, 1.82) is 0 Å². The Morgan fingerprint density at radius 2 is 2.19 bits per heavy atom. The number of hydrogen-bond acceptors (Lipinski definition) is 5. The van der Waals surface area contributed by atoms with Gasteiger partial charge in [0.2, 0.25) is 0 Å². The Balaban J connectivity index is 2.10. The van der Waals surface area contributed by atoms with Crippen molar-refractivity contribution < 1.29 is 0 Å². The zero-order valence-electron chi connectivity index (χ0n) is 8.67. The van der Waals surface area contributed by atoms with E-state index in [1.165, 1.54) is 0 Å². The number of anilines is 2. The first kappa shape index (κ1) is 9.08. The number of nitrogen functional groups attached to an aromatic ring is 1. The molecule has 2 aromatic rings. The standard InChI is InChI=1S/C11H11N5/c12-11-2-1-9-10(15-11)5-8(6-14-9)16-4-3-13-7-16/h1-2,5-7H,3-4H2,(H2,12,15). The van der Waals surface area contributed by atoms with Crippen molar-refractivity contribution in [3.63, 3.8) is 0 Å². The summed E-state index contributed by atoms with van der Waals surface area (Å²) in [5, 5.41) is 0. The van der Waals surface area contributed by atoms with Crippen molar-refractivity contribution >= 4 is 28.9 Å². The molecule has 0 unspecified atom stereocenters. The highest BCUT2D eigenvalue weighted by Crippen LogP contribution is 2.19. The van der Waals surface area contributed by atoms with Gasteiger partial charge < -0.3 is 10.6 Å². The van der Waals surface area contributed by atoms with Crippen molar-refractivity contribution in [2.75, 3.05) is 23.7 Å². The number of pyridine rings is 2. The van der Waals surface area contributed by atoms with Gasteiger partial charge in [0.05, 0.1) is 35.8 Å². The van der Waals surface area contributed by atoms with E-state index < -0.39 is 0 Å². The molecule has 5 heteroatoms. The van der Waals surface area contributed by atoms with E-state index in [9.17, 15) is 0 Å². The molecule has 1 aliphatic heterocycles. The molecule has 80 valence electrons. The minimum absolute atomic E-state index is 0.515. The first-order valence-electron chi connectivity index (χ1n) is 5.12. The van der Waals surface area contributed by atoms with Gasteiger partial charge in [-0.3, -0.25) is 9.98 Å². The molecule has 0 aromatic carbocycles. The van der Waals surface area contributed by atoms with E-state index in [2.05, 4.69) is 19.9 Å². The Kier molecular flexibility index (Phi) is 1.96. The highest BCUT2D eigenvalue weighted by molar-refractivity contribution is 5.86. The molecule has 16 heavy (non-hydrogen) atoms. The maximum Gasteiger partial charge on any atom is 0.124 e. The first-order valence-corrected chi connectivity index (χ1v) is 5.12. The lowest BCUT2D eigenvalue weighted by atomic mass is 10.3. The number of rotatable bonds is 1.